The monoisotopic (exact) mass is 866 g/mol. The number of thioether (sulfide) groups is 1. The largest absolute Gasteiger partial charge is 0.332 e. The molecule has 6 atom stereocenters. The SMILES string of the molecule is O=C(CCCC[C@@H]1SCC2NC(=O)NC21)CC1CCC(N[C@@H](Cc2ccccc2)C(=O)N2C/C(=C\c3ccc(Cl)c(Cl)c3)C(=O)/C(=C/c3ccc(Cl)c(Cl)c3)C2)C1. The zero-order valence-corrected chi connectivity index (χ0v) is 35.3. The van der Waals surface area contributed by atoms with E-state index in [9.17, 15) is 19.2 Å². The fraction of sp³-hybridized carbons (Fsp3) is 0.409. The number of benzene rings is 3. The zero-order valence-electron chi connectivity index (χ0n) is 31.5. The Bertz CT molecular complexity index is 1990. The number of Topliss-reactive ketones (excluding diaryl/α,β-unsaturated/α-hetero) is 2. The Labute approximate surface area is 358 Å². The molecule has 3 heterocycles. The van der Waals surface area contributed by atoms with Gasteiger partial charge in [-0.15, -0.1) is 0 Å². The number of fused-ring (bicyclic) bond motifs is 1. The minimum absolute atomic E-state index is 0.0705. The molecule has 8 nitrogen and oxygen atoms in total. The third-order valence-electron chi connectivity index (χ3n) is 11.4. The number of likely N-dealkylation sites (tertiary alicyclic amines) is 1. The summed E-state index contributed by atoms with van der Waals surface area (Å²) in [6.07, 6.45) is 10.6. The number of halogens is 4. The van der Waals surface area contributed by atoms with Crippen molar-refractivity contribution in [2.75, 3.05) is 18.8 Å². The van der Waals surface area contributed by atoms with E-state index >= 15 is 0 Å². The number of amides is 3. The molecule has 57 heavy (non-hydrogen) atoms. The number of hydrogen-bond acceptors (Lipinski definition) is 6. The summed E-state index contributed by atoms with van der Waals surface area (Å²) >= 11 is 26.9. The number of hydrogen-bond donors (Lipinski definition) is 3. The summed E-state index contributed by atoms with van der Waals surface area (Å²) in [6, 6.07) is 20.1. The van der Waals surface area contributed by atoms with Crippen molar-refractivity contribution in [1.29, 1.82) is 0 Å². The van der Waals surface area contributed by atoms with E-state index in [4.69, 9.17) is 46.4 Å². The van der Waals surface area contributed by atoms with E-state index in [2.05, 4.69) is 16.0 Å². The van der Waals surface area contributed by atoms with E-state index in [1.807, 2.05) is 42.1 Å². The van der Waals surface area contributed by atoms with Gasteiger partial charge in [-0.1, -0.05) is 95.3 Å². The predicted octanol–water partition coefficient (Wildman–Crippen LogP) is 9.23. The van der Waals surface area contributed by atoms with Gasteiger partial charge in [0.2, 0.25) is 5.91 Å². The summed E-state index contributed by atoms with van der Waals surface area (Å²) in [6.45, 7) is 0.245. The Morgan fingerprint density at radius 1 is 0.842 bits per heavy atom. The lowest BCUT2D eigenvalue weighted by atomic mass is 9.93. The summed E-state index contributed by atoms with van der Waals surface area (Å²) in [5.74, 6) is 1.23. The number of carbonyl (C=O) groups is 4. The van der Waals surface area contributed by atoms with Gasteiger partial charge in [0.25, 0.3) is 0 Å². The maximum Gasteiger partial charge on any atom is 0.315 e. The van der Waals surface area contributed by atoms with Gasteiger partial charge in [-0.05, 0) is 97.6 Å². The van der Waals surface area contributed by atoms with Crippen LogP contribution in [0.1, 0.15) is 68.1 Å². The van der Waals surface area contributed by atoms with Crippen molar-refractivity contribution in [1.82, 2.24) is 20.9 Å². The Hall–Kier alpha value is -3.31. The highest BCUT2D eigenvalue weighted by molar-refractivity contribution is 8.00. The highest BCUT2D eigenvalue weighted by atomic mass is 35.5. The molecule has 4 fully saturated rings. The average Bonchev–Trinajstić information content (AvgIpc) is 3.90. The summed E-state index contributed by atoms with van der Waals surface area (Å²) in [5, 5.41) is 11.7. The molecule has 0 spiro atoms. The summed E-state index contributed by atoms with van der Waals surface area (Å²) in [5.41, 5.74) is 3.32. The van der Waals surface area contributed by atoms with E-state index in [0.29, 0.717) is 72.7 Å². The molecule has 4 unspecified atom stereocenters. The summed E-state index contributed by atoms with van der Waals surface area (Å²) < 4.78 is 0. The molecule has 300 valence electrons. The van der Waals surface area contributed by atoms with Crippen molar-refractivity contribution < 1.29 is 19.2 Å². The van der Waals surface area contributed by atoms with Gasteiger partial charge in [-0.3, -0.25) is 14.4 Å². The second kappa shape index (κ2) is 19.2. The highest BCUT2D eigenvalue weighted by Gasteiger charge is 2.42. The summed E-state index contributed by atoms with van der Waals surface area (Å²) in [4.78, 5) is 55.3. The van der Waals surface area contributed by atoms with Crippen LogP contribution in [0.5, 0.6) is 0 Å². The molecule has 1 aliphatic carbocycles. The molecule has 13 heteroatoms. The van der Waals surface area contributed by atoms with Crippen LogP contribution in [-0.4, -0.2) is 76.7 Å². The van der Waals surface area contributed by atoms with Crippen LogP contribution in [0, 0.1) is 5.92 Å². The van der Waals surface area contributed by atoms with Gasteiger partial charge in [0.15, 0.2) is 5.78 Å². The number of rotatable bonds is 14. The van der Waals surface area contributed by atoms with Crippen LogP contribution >= 0.6 is 58.2 Å². The lowest BCUT2D eigenvalue weighted by Gasteiger charge is -2.34. The van der Waals surface area contributed by atoms with Gasteiger partial charge in [0.05, 0.1) is 38.2 Å². The number of nitrogens with one attached hydrogen (secondary N) is 3. The van der Waals surface area contributed by atoms with E-state index in [1.54, 1.807) is 53.5 Å². The van der Waals surface area contributed by atoms with Crippen LogP contribution < -0.4 is 16.0 Å². The number of carbonyl (C=O) groups excluding carboxylic acids is 4. The molecule has 3 amide bonds. The number of urea groups is 1. The van der Waals surface area contributed by atoms with Crippen LogP contribution in [0.4, 0.5) is 4.79 Å². The van der Waals surface area contributed by atoms with Crippen molar-refractivity contribution in [3.8, 4) is 0 Å². The highest BCUT2D eigenvalue weighted by Crippen LogP contribution is 2.34. The first kappa shape index (κ1) is 41.8. The lowest BCUT2D eigenvalue weighted by Crippen LogP contribution is -2.53. The van der Waals surface area contributed by atoms with E-state index < -0.39 is 6.04 Å². The van der Waals surface area contributed by atoms with Crippen LogP contribution in [0.25, 0.3) is 12.2 Å². The number of unbranched alkanes of at least 4 members (excludes halogenated alkanes) is 1. The van der Waals surface area contributed by atoms with E-state index in [1.165, 1.54) is 0 Å². The quantitative estimate of drug-likeness (QED) is 0.0848. The molecule has 0 bridgehead atoms. The normalized spacial score (nSPS) is 25.1. The van der Waals surface area contributed by atoms with Gasteiger partial charge in [0, 0.05) is 54.1 Å². The van der Waals surface area contributed by atoms with Crippen LogP contribution in [0.15, 0.2) is 77.9 Å². The second-order valence-corrected chi connectivity index (χ2v) is 18.5. The lowest BCUT2D eigenvalue weighted by molar-refractivity contribution is -0.133. The van der Waals surface area contributed by atoms with Gasteiger partial charge >= 0.3 is 6.03 Å². The fourth-order valence-electron chi connectivity index (χ4n) is 8.52. The first-order valence-corrected chi connectivity index (χ1v) is 22.2. The van der Waals surface area contributed by atoms with Crippen molar-refractivity contribution in [3.05, 3.63) is 115 Å². The van der Waals surface area contributed by atoms with Crippen LogP contribution in [-0.2, 0) is 20.8 Å². The number of piperidine rings is 1. The Morgan fingerprint density at radius 3 is 2.16 bits per heavy atom. The molecule has 7 rings (SSSR count). The molecule has 3 aromatic carbocycles. The summed E-state index contributed by atoms with van der Waals surface area (Å²) in [7, 11) is 0. The zero-order chi connectivity index (χ0) is 40.1. The van der Waals surface area contributed by atoms with E-state index in [0.717, 1.165) is 49.8 Å². The first-order chi connectivity index (χ1) is 27.5. The number of ketones is 2. The van der Waals surface area contributed by atoms with Crippen LogP contribution in [0.2, 0.25) is 20.1 Å². The standard InChI is InChI=1S/C44H46Cl4N4O4S/c45-34-14-11-27(20-36(34)47)16-30-23-52(24-31(42(30)54)17-28-12-15-35(46)37(48)21-28)43(55)38(22-26-6-2-1-3-7-26)49-32-13-10-29(18-32)19-33(53)8-4-5-9-40-41-39(25-57-40)50-44(56)51-41/h1-3,6-7,11-12,14-17,20-21,29,32,38-41,49H,4-5,8-10,13,18-19,22-25H2,(H2,50,51,56)/b30-16+,31-17+/t29?,32?,38-,39?,40-,41?/m0/s1. The molecule has 1 saturated carbocycles. The molecule has 0 radical (unpaired) electrons. The Morgan fingerprint density at radius 2 is 1.51 bits per heavy atom. The maximum atomic E-state index is 14.7. The Kier molecular flexibility index (Phi) is 14.1. The van der Waals surface area contributed by atoms with Gasteiger partial charge < -0.3 is 20.9 Å². The third kappa shape index (κ3) is 10.9. The van der Waals surface area contributed by atoms with E-state index in [-0.39, 0.29) is 54.9 Å². The molecule has 3 aromatic rings. The van der Waals surface area contributed by atoms with Crippen molar-refractivity contribution in [3.63, 3.8) is 0 Å². The maximum absolute atomic E-state index is 14.7. The minimum atomic E-state index is -0.551. The van der Waals surface area contributed by atoms with Gasteiger partial charge in [-0.25, -0.2) is 4.79 Å². The van der Waals surface area contributed by atoms with Crippen LogP contribution in [0.3, 0.4) is 0 Å². The topological polar surface area (TPSA) is 108 Å². The van der Waals surface area contributed by atoms with Crippen molar-refractivity contribution in [2.24, 2.45) is 5.92 Å². The minimum Gasteiger partial charge on any atom is -0.332 e. The van der Waals surface area contributed by atoms with Gasteiger partial charge in [-0.2, -0.15) is 11.8 Å². The molecule has 3 aliphatic heterocycles. The first-order valence-electron chi connectivity index (χ1n) is 19.6. The molecule has 3 N–H and O–H groups in total. The molecule has 3 saturated heterocycles. The molecular weight excluding hydrogens is 822 g/mol. The third-order valence-corrected chi connectivity index (χ3v) is 14.4. The van der Waals surface area contributed by atoms with Crippen molar-refractivity contribution in [2.45, 2.75) is 87.2 Å². The fourth-order valence-corrected chi connectivity index (χ4v) is 10.7. The van der Waals surface area contributed by atoms with Crippen molar-refractivity contribution >= 4 is 93.8 Å². The molecular formula is C44H46Cl4N4O4S. The molecule has 4 aliphatic rings. The van der Waals surface area contributed by atoms with Gasteiger partial charge in [0.1, 0.15) is 5.78 Å². The second-order valence-electron chi connectivity index (χ2n) is 15.6. The number of nitrogens with zero attached hydrogens (tertiary/aromatic N) is 1. The average molecular weight is 869 g/mol. The predicted molar refractivity (Wildman–Crippen MR) is 232 cm³/mol. The molecule has 0 aromatic heterocycles. The Balaban J connectivity index is 1.02. The smallest absolute Gasteiger partial charge is 0.315 e.